The van der Waals surface area contributed by atoms with Crippen molar-refractivity contribution in [3.05, 3.63) is 58.4 Å². The molecule has 0 atom stereocenters. The molecular weight excluding hydrogens is 348 g/mol. The van der Waals surface area contributed by atoms with Gasteiger partial charge in [0.1, 0.15) is 5.65 Å². The molecule has 2 aromatic heterocycles. The Balaban J connectivity index is 2.14. The molecule has 0 spiro atoms. The molecule has 0 unspecified atom stereocenters. The lowest BCUT2D eigenvalue weighted by Gasteiger charge is -2.01. The highest BCUT2D eigenvalue weighted by molar-refractivity contribution is 6.30. The van der Waals surface area contributed by atoms with Gasteiger partial charge in [0.05, 0.1) is 16.3 Å². The second-order valence-corrected chi connectivity index (χ2v) is 5.61. The molecule has 0 bridgehead atoms. The van der Waals surface area contributed by atoms with Crippen LogP contribution >= 0.6 is 11.6 Å². The fourth-order valence-corrected chi connectivity index (χ4v) is 2.36. The number of nitrogens with zero attached hydrogens (tertiary/aromatic N) is 4. The van der Waals surface area contributed by atoms with Crippen molar-refractivity contribution in [1.82, 2.24) is 9.38 Å². The van der Waals surface area contributed by atoms with Gasteiger partial charge in [0, 0.05) is 6.20 Å². The van der Waals surface area contributed by atoms with Crippen molar-refractivity contribution in [2.45, 2.75) is 6.92 Å². The van der Waals surface area contributed by atoms with E-state index in [0.29, 0.717) is 21.9 Å². The topological polar surface area (TPSA) is 117 Å². The first-order valence-electron chi connectivity index (χ1n) is 7.03. The first-order valence-corrected chi connectivity index (χ1v) is 7.41. The number of benzene rings is 1. The van der Waals surface area contributed by atoms with Crippen LogP contribution in [0.4, 0.5) is 11.5 Å². The Kier molecular flexibility index (Phi) is 4.20. The van der Waals surface area contributed by atoms with E-state index in [-0.39, 0.29) is 17.1 Å². The maximum atomic E-state index is 11.4. The SMILES string of the molecule is Cc1ccc(C(=O)O)cc1N=Nc1c(C(=O)O)nc2ccc(Cl)cn12. The first-order chi connectivity index (χ1) is 11.9. The molecule has 0 fully saturated rings. The zero-order valence-electron chi connectivity index (χ0n) is 12.8. The van der Waals surface area contributed by atoms with Gasteiger partial charge in [0.25, 0.3) is 0 Å². The third kappa shape index (κ3) is 3.20. The molecule has 0 aliphatic carbocycles. The van der Waals surface area contributed by atoms with Crippen LogP contribution in [0.5, 0.6) is 0 Å². The minimum Gasteiger partial charge on any atom is -0.478 e. The van der Waals surface area contributed by atoms with Crippen molar-refractivity contribution in [1.29, 1.82) is 0 Å². The molecule has 0 amide bonds. The highest BCUT2D eigenvalue weighted by Crippen LogP contribution is 2.27. The van der Waals surface area contributed by atoms with Gasteiger partial charge in [-0.15, -0.1) is 10.2 Å². The first kappa shape index (κ1) is 16.6. The summed E-state index contributed by atoms with van der Waals surface area (Å²) in [6.07, 6.45) is 1.48. The number of aryl methyl sites for hydroxylation is 1. The minimum absolute atomic E-state index is 0.00914. The predicted octanol–water partition coefficient (Wildman–Crippen LogP) is 4.11. The number of carboxylic acids is 2. The molecule has 126 valence electrons. The van der Waals surface area contributed by atoms with Crippen LogP contribution in [0.2, 0.25) is 5.02 Å². The summed E-state index contributed by atoms with van der Waals surface area (Å²) < 4.78 is 1.41. The van der Waals surface area contributed by atoms with Gasteiger partial charge in [-0.1, -0.05) is 17.7 Å². The standard InChI is InChI=1S/C16H11ClN4O4/c1-8-2-3-9(15(22)23)6-11(8)19-20-14-13(16(24)25)18-12-5-4-10(17)7-21(12)14/h2-7H,1H3,(H,22,23)(H,24,25). The van der Waals surface area contributed by atoms with E-state index in [1.165, 1.54) is 22.7 Å². The summed E-state index contributed by atoms with van der Waals surface area (Å²) >= 11 is 5.94. The lowest BCUT2D eigenvalue weighted by molar-refractivity contribution is 0.0683. The molecule has 3 rings (SSSR count). The summed E-state index contributed by atoms with van der Waals surface area (Å²) in [6, 6.07) is 7.55. The number of rotatable bonds is 4. The number of aromatic nitrogens is 2. The van der Waals surface area contributed by atoms with Gasteiger partial charge < -0.3 is 10.2 Å². The number of hydrogen-bond acceptors (Lipinski definition) is 5. The van der Waals surface area contributed by atoms with E-state index in [0.717, 1.165) is 0 Å². The Morgan fingerprint density at radius 3 is 2.56 bits per heavy atom. The predicted molar refractivity (Wildman–Crippen MR) is 89.5 cm³/mol. The van der Waals surface area contributed by atoms with E-state index in [2.05, 4.69) is 15.2 Å². The Bertz CT molecular complexity index is 1040. The molecule has 1 aromatic carbocycles. The fourth-order valence-electron chi connectivity index (χ4n) is 2.20. The van der Waals surface area contributed by atoms with Crippen LogP contribution in [0.25, 0.3) is 5.65 Å². The second kappa shape index (κ2) is 6.33. The molecule has 8 nitrogen and oxygen atoms in total. The summed E-state index contributed by atoms with van der Waals surface area (Å²) in [5, 5.41) is 26.7. The number of halogens is 1. The number of carboxylic acid groups (broad SMARTS) is 2. The molecule has 25 heavy (non-hydrogen) atoms. The third-order valence-corrected chi connectivity index (χ3v) is 3.69. The molecule has 0 saturated heterocycles. The molecule has 3 aromatic rings. The van der Waals surface area contributed by atoms with Gasteiger partial charge in [0.2, 0.25) is 0 Å². The molecule has 0 radical (unpaired) electrons. The van der Waals surface area contributed by atoms with Crippen LogP contribution in [-0.2, 0) is 0 Å². The third-order valence-electron chi connectivity index (χ3n) is 3.47. The van der Waals surface area contributed by atoms with Crippen molar-refractivity contribution in [3.8, 4) is 0 Å². The van der Waals surface area contributed by atoms with Crippen molar-refractivity contribution >= 4 is 40.7 Å². The van der Waals surface area contributed by atoms with E-state index in [4.69, 9.17) is 16.7 Å². The monoisotopic (exact) mass is 358 g/mol. The zero-order valence-corrected chi connectivity index (χ0v) is 13.6. The van der Waals surface area contributed by atoms with Crippen molar-refractivity contribution in [2.24, 2.45) is 10.2 Å². The number of carbonyl (C=O) groups is 2. The quantitative estimate of drug-likeness (QED) is 0.680. The largest absolute Gasteiger partial charge is 0.478 e. The van der Waals surface area contributed by atoms with E-state index < -0.39 is 11.9 Å². The minimum atomic E-state index is -1.26. The Labute approximate surface area is 146 Å². The van der Waals surface area contributed by atoms with Crippen molar-refractivity contribution in [3.63, 3.8) is 0 Å². The number of pyridine rings is 1. The molecule has 0 saturated carbocycles. The zero-order chi connectivity index (χ0) is 18.1. The summed E-state index contributed by atoms with van der Waals surface area (Å²) in [5.41, 5.74) is 1.13. The van der Waals surface area contributed by atoms with Gasteiger partial charge in [0.15, 0.2) is 11.5 Å². The number of fused-ring (bicyclic) bond motifs is 1. The Hall–Kier alpha value is -3.26. The second-order valence-electron chi connectivity index (χ2n) is 5.17. The number of aromatic carboxylic acids is 2. The van der Waals surface area contributed by atoms with E-state index in [1.54, 1.807) is 25.1 Å². The van der Waals surface area contributed by atoms with Gasteiger partial charge in [-0.05, 0) is 36.8 Å². The van der Waals surface area contributed by atoms with Gasteiger partial charge in [-0.2, -0.15) is 0 Å². The average Bonchev–Trinajstić information content (AvgIpc) is 2.92. The molecule has 0 aliphatic rings. The van der Waals surface area contributed by atoms with Crippen LogP contribution in [0.1, 0.15) is 26.4 Å². The summed E-state index contributed by atoms with van der Waals surface area (Å²) in [5.74, 6) is -2.36. The van der Waals surface area contributed by atoms with Crippen molar-refractivity contribution in [2.75, 3.05) is 0 Å². The van der Waals surface area contributed by atoms with Crippen LogP contribution in [0, 0.1) is 6.92 Å². The summed E-state index contributed by atoms with van der Waals surface area (Å²) in [4.78, 5) is 26.5. The molecule has 0 aliphatic heterocycles. The van der Waals surface area contributed by atoms with Gasteiger partial charge in [-0.3, -0.25) is 4.40 Å². The fraction of sp³-hybridized carbons (Fsp3) is 0.0625. The Morgan fingerprint density at radius 2 is 1.88 bits per heavy atom. The number of imidazole rings is 1. The number of azo groups is 1. The maximum absolute atomic E-state index is 11.4. The van der Waals surface area contributed by atoms with Gasteiger partial charge >= 0.3 is 11.9 Å². The van der Waals surface area contributed by atoms with Gasteiger partial charge in [-0.25, -0.2) is 14.6 Å². The average molecular weight is 359 g/mol. The Morgan fingerprint density at radius 1 is 1.12 bits per heavy atom. The van der Waals surface area contributed by atoms with E-state index >= 15 is 0 Å². The molecular formula is C16H11ClN4O4. The summed E-state index contributed by atoms with van der Waals surface area (Å²) in [6.45, 7) is 1.74. The molecule has 2 N–H and O–H groups in total. The summed E-state index contributed by atoms with van der Waals surface area (Å²) in [7, 11) is 0. The van der Waals surface area contributed by atoms with E-state index in [1.807, 2.05) is 0 Å². The van der Waals surface area contributed by atoms with Crippen LogP contribution in [0.3, 0.4) is 0 Å². The highest BCUT2D eigenvalue weighted by atomic mass is 35.5. The van der Waals surface area contributed by atoms with E-state index in [9.17, 15) is 14.7 Å². The maximum Gasteiger partial charge on any atom is 0.358 e. The van der Waals surface area contributed by atoms with Crippen LogP contribution in [0.15, 0.2) is 46.8 Å². The lowest BCUT2D eigenvalue weighted by Crippen LogP contribution is -1.97. The highest BCUT2D eigenvalue weighted by Gasteiger charge is 2.18. The van der Waals surface area contributed by atoms with Crippen LogP contribution < -0.4 is 0 Å². The smallest absolute Gasteiger partial charge is 0.358 e. The number of hydrogen-bond donors (Lipinski definition) is 2. The molecule has 9 heteroatoms. The lowest BCUT2D eigenvalue weighted by atomic mass is 10.1. The van der Waals surface area contributed by atoms with Crippen LogP contribution in [-0.4, -0.2) is 31.5 Å². The van der Waals surface area contributed by atoms with Crippen molar-refractivity contribution < 1.29 is 19.8 Å². The normalized spacial score (nSPS) is 11.3. The molecule has 2 heterocycles.